The summed E-state index contributed by atoms with van der Waals surface area (Å²) in [5, 5.41) is 20.0. The van der Waals surface area contributed by atoms with Crippen LogP contribution in [-0.2, 0) is 28.8 Å². The third-order valence-electron chi connectivity index (χ3n) is 11.8. The summed E-state index contributed by atoms with van der Waals surface area (Å²) in [6.45, 7) is 19.7. The lowest BCUT2D eigenvalue weighted by molar-refractivity contribution is -0.140. The van der Waals surface area contributed by atoms with Crippen LogP contribution in [0.2, 0.25) is 18.1 Å². The average Bonchev–Trinajstić information content (AvgIpc) is 3.46. The number of aryl methyl sites for hydroxylation is 1. The van der Waals surface area contributed by atoms with E-state index in [1.54, 1.807) is 0 Å². The summed E-state index contributed by atoms with van der Waals surface area (Å²) in [7, 11) is 5.08. The van der Waals surface area contributed by atoms with E-state index >= 15 is 9.59 Å². The minimum atomic E-state index is -2.83. The lowest BCUT2D eigenvalue weighted by atomic mass is 9.57. The van der Waals surface area contributed by atoms with Crippen LogP contribution >= 0.6 is 0 Å². The summed E-state index contributed by atoms with van der Waals surface area (Å²) in [5.74, 6) is -1.58. The summed E-state index contributed by atoms with van der Waals surface area (Å²) in [4.78, 5) is 35.2. The molecule has 286 valence electrons. The third-order valence-corrected chi connectivity index (χ3v) is 16.3. The second-order valence-electron chi connectivity index (χ2n) is 18.2. The quantitative estimate of drug-likeness (QED) is 0.166. The number of hydrogen-bond acceptors (Lipinski definition) is 10. The van der Waals surface area contributed by atoms with Gasteiger partial charge in [-0.2, -0.15) is 0 Å². The van der Waals surface area contributed by atoms with Crippen LogP contribution in [0.5, 0.6) is 5.88 Å². The number of aliphatic hydroxyl groups is 1. The Kier molecular flexibility index (Phi) is 9.93. The second-order valence-corrected chi connectivity index (χ2v) is 22.9. The van der Waals surface area contributed by atoms with Crippen molar-refractivity contribution >= 4 is 31.3 Å². The third kappa shape index (κ3) is 6.57. The Hall–Kier alpha value is -3.77. The number of anilines is 1. The number of rotatable bonds is 9. The largest absolute Gasteiger partial charge is 0.507 e. The van der Waals surface area contributed by atoms with Crippen LogP contribution in [0.1, 0.15) is 97.9 Å². The first-order valence-electron chi connectivity index (χ1n) is 18.7. The number of aliphatic hydroxyl groups excluding tert-OH is 1. The van der Waals surface area contributed by atoms with E-state index in [9.17, 15) is 5.11 Å². The van der Waals surface area contributed by atoms with Gasteiger partial charge in [0.2, 0.25) is 11.6 Å². The van der Waals surface area contributed by atoms with E-state index in [-0.39, 0.29) is 45.9 Å². The van der Waals surface area contributed by atoms with Gasteiger partial charge in [0, 0.05) is 48.9 Å². The normalized spacial score (nSPS) is 23.1. The van der Waals surface area contributed by atoms with Gasteiger partial charge in [0.05, 0.1) is 6.04 Å². The minimum Gasteiger partial charge on any atom is -0.507 e. The first-order valence-corrected chi connectivity index (χ1v) is 21.6. The molecule has 2 N–H and O–H groups in total. The molecule has 0 aliphatic heterocycles. The van der Waals surface area contributed by atoms with Crippen molar-refractivity contribution in [1.82, 2.24) is 15.4 Å². The molecule has 3 aliphatic rings. The van der Waals surface area contributed by atoms with E-state index in [1.807, 2.05) is 70.3 Å². The molecule has 1 aromatic heterocycles. The van der Waals surface area contributed by atoms with E-state index in [2.05, 4.69) is 76.1 Å². The summed E-state index contributed by atoms with van der Waals surface area (Å²) in [5.41, 5.74) is 4.03. The Morgan fingerprint density at radius 3 is 2.26 bits per heavy atom. The first kappa shape index (κ1) is 38.9. The van der Waals surface area contributed by atoms with Crippen molar-refractivity contribution in [2.24, 2.45) is 11.8 Å². The highest BCUT2D eigenvalue weighted by atomic mass is 28.4. The van der Waals surface area contributed by atoms with Gasteiger partial charge in [0.15, 0.2) is 19.7 Å². The van der Waals surface area contributed by atoms with Crippen molar-refractivity contribution in [1.29, 1.82) is 0 Å². The molecule has 0 bridgehead atoms. The van der Waals surface area contributed by atoms with Gasteiger partial charge in [0.25, 0.3) is 5.88 Å². The van der Waals surface area contributed by atoms with Gasteiger partial charge >= 0.3 is 0 Å². The molecular weight excluding hydrogens is 685 g/mol. The molecule has 0 radical (unpaired) electrons. The number of nitrogens with zero attached hydrogens (tertiary/aromatic N) is 3. The van der Waals surface area contributed by atoms with E-state index < -0.39 is 37.4 Å². The first-order chi connectivity index (χ1) is 24.6. The van der Waals surface area contributed by atoms with Gasteiger partial charge in [0.1, 0.15) is 17.9 Å². The van der Waals surface area contributed by atoms with Crippen LogP contribution < -0.4 is 15.0 Å². The SMILES string of the molecule is Cc1cc(CNC(C)(C)C)c(N(C)C)c2c1C(O)=C1C(=O)[C@]3(O[Si](C)(C)C(C)(C)C)C(=O)c4c(OCc5ccccc5)noc4[C@@H](N(C)C)[C@@H]3C[C@@H]1C2. The molecule has 11 heteroatoms. The summed E-state index contributed by atoms with van der Waals surface area (Å²) < 4.78 is 19.5. The number of Topliss-reactive ketones (excluding diaryl/α,β-unsaturated/α-hetero) is 2. The standard InChI is InChI=1S/C42H58N4O6Si/c1-24-19-27(22-43-40(2,3)4)33(45(8)9)28-20-26-21-29-34(46(10)11)36-32(39(44-51-36)50-23-25-17-15-14-16-18-25)38(49)42(29,52-53(12,13)41(5,6)7)37(48)31(26)35(47)30(24)28/h14-19,26,29,34,43,47H,20-23H2,1-13H3/t26-,29-,34-,42-/m0/s1. The number of nitrogens with one attached hydrogen (secondary N) is 1. The Morgan fingerprint density at radius 2 is 1.68 bits per heavy atom. The van der Waals surface area contributed by atoms with Crippen LogP contribution in [0.4, 0.5) is 5.69 Å². The van der Waals surface area contributed by atoms with Gasteiger partial charge < -0.3 is 29.0 Å². The molecule has 1 heterocycles. The molecular formula is C42H58N4O6Si. The molecule has 3 aliphatic carbocycles. The average molecular weight is 743 g/mol. The van der Waals surface area contributed by atoms with Crippen molar-refractivity contribution < 1.29 is 28.4 Å². The molecule has 3 aromatic rings. The van der Waals surface area contributed by atoms with Crippen molar-refractivity contribution in [3.63, 3.8) is 0 Å². The lowest BCUT2D eigenvalue weighted by Crippen LogP contribution is -2.68. The molecule has 2 aromatic carbocycles. The Balaban J connectivity index is 1.56. The van der Waals surface area contributed by atoms with Crippen LogP contribution in [0, 0.1) is 18.8 Å². The monoisotopic (exact) mass is 742 g/mol. The molecule has 10 nitrogen and oxygen atoms in total. The van der Waals surface area contributed by atoms with E-state index in [0.29, 0.717) is 30.7 Å². The summed E-state index contributed by atoms with van der Waals surface area (Å²) in [6, 6.07) is 11.2. The zero-order chi connectivity index (χ0) is 39.0. The Morgan fingerprint density at radius 1 is 1.02 bits per heavy atom. The van der Waals surface area contributed by atoms with Crippen molar-refractivity contribution in [3.05, 3.63) is 81.1 Å². The van der Waals surface area contributed by atoms with Gasteiger partial charge in [-0.25, -0.2) is 0 Å². The fourth-order valence-corrected chi connectivity index (χ4v) is 9.82. The highest BCUT2D eigenvalue weighted by Gasteiger charge is 2.69. The number of ketones is 2. The van der Waals surface area contributed by atoms with E-state index in [0.717, 1.165) is 27.9 Å². The maximum Gasteiger partial charge on any atom is 0.265 e. The second kappa shape index (κ2) is 13.5. The van der Waals surface area contributed by atoms with Crippen LogP contribution in [0.25, 0.3) is 5.76 Å². The lowest BCUT2D eigenvalue weighted by Gasteiger charge is -2.55. The predicted octanol–water partition coefficient (Wildman–Crippen LogP) is 7.81. The highest BCUT2D eigenvalue weighted by Crippen LogP contribution is 2.59. The molecule has 1 fully saturated rings. The maximum absolute atomic E-state index is 15.7. The van der Waals surface area contributed by atoms with Gasteiger partial charge in [-0.3, -0.25) is 14.5 Å². The Bertz CT molecular complexity index is 1950. The van der Waals surface area contributed by atoms with Gasteiger partial charge in [-0.1, -0.05) is 57.2 Å². The highest BCUT2D eigenvalue weighted by molar-refractivity contribution is 6.74. The fourth-order valence-electron chi connectivity index (χ4n) is 8.38. The number of benzene rings is 2. The van der Waals surface area contributed by atoms with E-state index in [4.69, 9.17) is 13.7 Å². The summed E-state index contributed by atoms with van der Waals surface area (Å²) in [6.07, 6.45) is 0.957. The molecule has 0 spiro atoms. The van der Waals surface area contributed by atoms with Crippen molar-refractivity contribution in [3.8, 4) is 5.88 Å². The molecule has 1 saturated carbocycles. The van der Waals surface area contributed by atoms with Crippen LogP contribution in [-0.4, -0.2) is 74.4 Å². The predicted molar refractivity (Wildman–Crippen MR) is 211 cm³/mol. The molecule has 53 heavy (non-hydrogen) atoms. The van der Waals surface area contributed by atoms with Crippen LogP contribution in [0.15, 0.2) is 46.5 Å². The molecule has 4 atom stereocenters. The summed E-state index contributed by atoms with van der Waals surface area (Å²) >= 11 is 0. The number of ether oxygens (including phenoxy) is 1. The minimum absolute atomic E-state index is 0.0438. The van der Waals surface area contributed by atoms with Gasteiger partial charge in [-0.15, -0.1) is 0 Å². The number of aromatic nitrogens is 1. The number of carbonyl (C=O) groups is 2. The maximum atomic E-state index is 15.7. The molecule has 0 unspecified atom stereocenters. The number of carbonyl (C=O) groups excluding carboxylic acids is 2. The fraction of sp³-hybridized carbons (Fsp3) is 0.548. The van der Waals surface area contributed by atoms with Crippen LogP contribution in [0.3, 0.4) is 0 Å². The van der Waals surface area contributed by atoms with Crippen molar-refractivity contribution in [2.75, 3.05) is 33.1 Å². The van der Waals surface area contributed by atoms with Crippen molar-refractivity contribution in [2.45, 2.75) is 110 Å². The Labute approximate surface area is 316 Å². The zero-order valence-corrected chi connectivity index (χ0v) is 34.9. The molecule has 0 saturated heterocycles. The van der Waals surface area contributed by atoms with E-state index in [1.165, 1.54) is 0 Å². The molecule has 0 amide bonds. The van der Waals surface area contributed by atoms with Gasteiger partial charge in [-0.05, 0) is 106 Å². The molecule has 6 rings (SSSR count). The number of hydrogen-bond donors (Lipinski definition) is 2. The topological polar surface area (TPSA) is 117 Å². The smallest absolute Gasteiger partial charge is 0.265 e. The number of fused-ring (bicyclic) bond motifs is 4. The zero-order valence-electron chi connectivity index (χ0n) is 33.9.